The van der Waals surface area contributed by atoms with Crippen molar-refractivity contribution < 1.29 is 55.7 Å². The number of aromatic nitrogens is 1. The third kappa shape index (κ3) is 8.86. The van der Waals surface area contributed by atoms with Crippen LogP contribution in [0.3, 0.4) is 0 Å². The minimum atomic E-state index is -4.90. The Morgan fingerprint density at radius 1 is 1.05 bits per heavy atom. The molecule has 3 N–H and O–H groups in total. The number of primary amides is 1. The van der Waals surface area contributed by atoms with Gasteiger partial charge in [0.2, 0.25) is 11.5 Å². The largest absolute Gasteiger partial charge is 0.493 e. The molecule has 55 heavy (non-hydrogen) atoms. The average molecular weight is 795 g/mol. The van der Waals surface area contributed by atoms with Crippen LogP contribution >= 0.6 is 11.3 Å². The number of para-hydroxylation sites is 1. The maximum Gasteiger partial charge on any atom is 0.418 e. The van der Waals surface area contributed by atoms with Gasteiger partial charge in [-0.1, -0.05) is 31.5 Å². The molecule has 0 bridgehead atoms. The van der Waals surface area contributed by atoms with E-state index in [0.29, 0.717) is 30.6 Å². The van der Waals surface area contributed by atoms with Crippen molar-refractivity contribution in [2.24, 2.45) is 5.73 Å². The van der Waals surface area contributed by atoms with E-state index >= 15 is 4.79 Å². The van der Waals surface area contributed by atoms with Gasteiger partial charge in [-0.15, -0.1) is 11.3 Å². The van der Waals surface area contributed by atoms with Crippen LogP contribution in [-0.4, -0.2) is 81.5 Å². The monoisotopic (exact) mass is 794 g/mol. The van der Waals surface area contributed by atoms with E-state index in [1.54, 1.807) is 31.2 Å². The van der Waals surface area contributed by atoms with E-state index in [1.807, 2.05) is 0 Å². The first-order chi connectivity index (χ1) is 26.1. The van der Waals surface area contributed by atoms with Crippen LogP contribution in [-0.2, 0) is 26.0 Å². The zero-order valence-corrected chi connectivity index (χ0v) is 31.0. The van der Waals surface area contributed by atoms with Crippen molar-refractivity contribution >= 4 is 35.0 Å². The Hall–Kier alpha value is -4.80. The minimum Gasteiger partial charge on any atom is -0.493 e. The number of rotatable bonds is 15. The van der Waals surface area contributed by atoms with Crippen molar-refractivity contribution in [3.05, 3.63) is 75.7 Å². The molecule has 2 aliphatic rings. The molecule has 1 aromatic carbocycles. The van der Waals surface area contributed by atoms with Gasteiger partial charge in [0, 0.05) is 49.6 Å². The third-order valence-corrected chi connectivity index (χ3v) is 11.2. The molecule has 2 saturated heterocycles. The zero-order chi connectivity index (χ0) is 40.0. The first-order valence-electron chi connectivity index (χ1n) is 18.1. The number of hydrogen-bond donors (Lipinski definition) is 2. The molecule has 2 atom stereocenters. The zero-order valence-electron chi connectivity index (χ0n) is 30.2. The predicted molar refractivity (Wildman–Crippen MR) is 191 cm³/mol. The number of hydrogen-bond acceptors (Lipinski definition) is 8. The molecule has 4 heterocycles. The summed E-state index contributed by atoms with van der Waals surface area (Å²) in [4.78, 5) is 59.4. The van der Waals surface area contributed by atoms with Gasteiger partial charge in [0.25, 0.3) is 18.2 Å². The lowest BCUT2D eigenvalue weighted by Crippen LogP contribution is -2.69. The molecule has 0 spiro atoms. The van der Waals surface area contributed by atoms with E-state index in [-0.39, 0.29) is 75.4 Å². The SMILES string of the molecule is CCCC1N(C(=O)c2ncccc2C(F)(F)F)CCCC1(Oc1csc(C(F)F)c1)C(=O)N1CCC(C(N)=O)(c2ccccc2OCCCCC(=O)O)CC1. The lowest BCUT2D eigenvalue weighted by molar-refractivity contribution is -0.161. The second-order valence-electron chi connectivity index (χ2n) is 13.7. The maximum absolute atomic E-state index is 15.0. The van der Waals surface area contributed by atoms with Gasteiger partial charge in [-0.25, -0.2) is 8.78 Å². The lowest BCUT2D eigenvalue weighted by Gasteiger charge is -2.51. The number of alkyl halides is 5. The number of halogens is 5. The summed E-state index contributed by atoms with van der Waals surface area (Å²) >= 11 is 0.722. The van der Waals surface area contributed by atoms with E-state index in [1.165, 1.54) is 15.2 Å². The molecule has 2 aromatic heterocycles. The number of benzene rings is 1. The smallest absolute Gasteiger partial charge is 0.418 e. The molecule has 298 valence electrons. The first-order valence-corrected chi connectivity index (χ1v) is 18.9. The number of carboxylic acids is 1. The Bertz CT molecular complexity index is 1850. The highest BCUT2D eigenvalue weighted by Crippen LogP contribution is 2.44. The van der Waals surface area contributed by atoms with Crippen LogP contribution in [0.4, 0.5) is 22.0 Å². The van der Waals surface area contributed by atoms with E-state index in [4.69, 9.17) is 20.3 Å². The average Bonchev–Trinajstić information content (AvgIpc) is 3.63. The highest BCUT2D eigenvalue weighted by molar-refractivity contribution is 7.10. The Morgan fingerprint density at radius 2 is 1.78 bits per heavy atom. The fraction of sp³-hybridized carbons (Fsp3) is 0.500. The quantitative estimate of drug-likeness (QED) is 0.123. The highest BCUT2D eigenvalue weighted by atomic mass is 32.1. The number of nitrogens with two attached hydrogens (primary N) is 1. The van der Waals surface area contributed by atoms with Crippen LogP contribution in [0.5, 0.6) is 11.5 Å². The molecule has 2 unspecified atom stereocenters. The Morgan fingerprint density at radius 3 is 2.42 bits per heavy atom. The summed E-state index contributed by atoms with van der Waals surface area (Å²) in [5, 5.41) is 10.3. The van der Waals surface area contributed by atoms with Crippen LogP contribution in [0.25, 0.3) is 0 Å². The van der Waals surface area contributed by atoms with Crippen LogP contribution < -0.4 is 15.2 Å². The number of unbranched alkanes of at least 4 members (excludes halogenated alkanes) is 1. The second-order valence-corrected chi connectivity index (χ2v) is 14.7. The topological polar surface area (TPSA) is 152 Å². The standard InChI is InChI=1S/C38H43F5N4O7S/c1-2-9-29-37(54-24-22-28(32(39)40)55-23-24,14-8-18-47(29)33(50)31-26(38(41,42)43)11-7-17-45-31)35(52)46-19-15-36(16-20-46,34(44)51)25-10-3-4-12-27(25)53-21-6-5-13-30(48)49/h3-4,7,10-12,17,22-23,29,32H,2,5-6,8-9,13-16,18-21H2,1H3,(H2,44,51)(H,48,49). The van der Waals surface area contributed by atoms with Crippen molar-refractivity contribution in [3.8, 4) is 11.5 Å². The molecule has 3 aromatic rings. The molecule has 11 nitrogen and oxygen atoms in total. The van der Waals surface area contributed by atoms with Gasteiger partial charge in [0.05, 0.1) is 28.5 Å². The van der Waals surface area contributed by atoms with Crippen molar-refractivity contribution in [3.63, 3.8) is 0 Å². The Kier molecular flexibility index (Phi) is 13.0. The second kappa shape index (κ2) is 17.3. The first kappa shape index (κ1) is 41.4. The summed E-state index contributed by atoms with van der Waals surface area (Å²) in [6.45, 7) is 1.92. The molecule has 17 heteroatoms. The van der Waals surface area contributed by atoms with Crippen molar-refractivity contribution in [2.45, 2.75) is 94.4 Å². The molecule has 2 aliphatic heterocycles. The molecule has 2 fully saturated rings. The van der Waals surface area contributed by atoms with Gasteiger partial charge in [-0.05, 0) is 62.8 Å². The number of aliphatic carboxylic acids is 1. The summed E-state index contributed by atoms with van der Waals surface area (Å²) in [5.74, 6) is -2.88. The fourth-order valence-corrected chi connectivity index (χ4v) is 8.27. The number of ether oxygens (including phenoxy) is 2. The van der Waals surface area contributed by atoms with Crippen molar-refractivity contribution in [2.75, 3.05) is 26.2 Å². The lowest BCUT2D eigenvalue weighted by atomic mass is 9.71. The number of piperidine rings is 2. The number of pyridine rings is 1. The summed E-state index contributed by atoms with van der Waals surface area (Å²) in [6, 6.07) is 8.66. The predicted octanol–water partition coefficient (Wildman–Crippen LogP) is 7.00. The summed E-state index contributed by atoms with van der Waals surface area (Å²) in [6.07, 6.45) is -5.06. The number of carbonyl (C=O) groups excluding carboxylic acids is 3. The molecule has 3 amide bonds. The highest BCUT2D eigenvalue weighted by Gasteiger charge is 2.57. The minimum absolute atomic E-state index is 0.0143. The van der Waals surface area contributed by atoms with Crippen molar-refractivity contribution in [1.82, 2.24) is 14.8 Å². The van der Waals surface area contributed by atoms with E-state index < -0.39 is 64.6 Å². The number of amides is 3. The van der Waals surface area contributed by atoms with Gasteiger partial charge in [0.15, 0.2) is 0 Å². The Labute approximate surface area is 318 Å². The van der Waals surface area contributed by atoms with Crippen LogP contribution in [0.2, 0.25) is 0 Å². The van der Waals surface area contributed by atoms with Gasteiger partial charge in [-0.2, -0.15) is 13.2 Å². The molecule has 0 aliphatic carbocycles. The van der Waals surface area contributed by atoms with Crippen molar-refractivity contribution in [1.29, 1.82) is 0 Å². The normalized spacial score (nSPS) is 19.9. The van der Waals surface area contributed by atoms with Gasteiger partial charge in [-0.3, -0.25) is 24.2 Å². The van der Waals surface area contributed by atoms with Crippen LogP contribution in [0.15, 0.2) is 54.0 Å². The fourth-order valence-electron chi connectivity index (χ4n) is 7.61. The van der Waals surface area contributed by atoms with Gasteiger partial charge >= 0.3 is 12.1 Å². The maximum atomic E-state index is 15.0. The number of carboxylic acid groups (broad SMARTS) is 1. The van der Waals surface area contributed by atoms with E-state index in [2.05, 4.69) is 4.98 Å². The number of thiophene rings is 1. The number of nitrogens with zero attached hydrogens (tertiary/aromatic N) is 3. The van der Waals surface area contributed by atoms with Gasteiger partial charge in [0.1, 0.15) is 17.2 Å². The van der Waals surface area contributed by atoms with E-state index in [9.17, 15) is 36.3 Å². The van der Waals surface area contributed by atoms with E-state index in [0.717, 1.165) is 35.7 Å². The van der Waals surface area contributed by atoms with Gasteiger partial charge < -0.3 is 30.1 Å². The number of carbonyl (C=O) groups is 4. The summed E-state index contributed by atoms with van der Waals surface area (Å²) in [7, 11) is 0. The molecule has 0 saturated carbocycles. The molecule has 0 radical (unpaired) electrons. The molecule has 5 rings (SSSR count). The number of likely N-dealkylation sites (tertiary alicyclic amines) is 2. The summed E-state index contributed by atoms with van der Waals surface area (Å²) < 4.78 is 82.0. The van der Waals surface area contributed by atoms with Crippen LogP contribution in [0.1, 0.15) is 97.6 Å². The molecular formula is C38H43F5N4O7S. The van der Waals surface area contributed by atoms with Crippen LogP contribution in [0, 0.1) is 0 Å². The summed E-state index contributed by atoms with van der Waals surface area (Å²) in [5.41, 5.74) is 1.33. The Balaban J connectivity index is 1.48. The molecular weight excluding hydrogens is 751 g/mol. The third-order valence-electron chi connectivity index (χ3n) is 10.3.